The zero-order chi connectivity index (χ0) is 21.2. The minimum atomic E-state index is -3.61. The molecule has 8 heteroatoms. The molecule has 1 amide bonds. The van der Waals surface area contributed by atoms with Crippen molar-refractivity contribution in [2.24, 2.45) is 0 Å². The number of aromatic nitrogens is 2. The van der Waals surface area contributed by atoms with Crippen molar-refractivity contribution in [2.75, 3.05) is 11.9 Å². The number of hydrogen-bond acceptors (Lipinski definition) is 4. The summed E-state index contributed by atoms with van der Waals surface area (Å²) in [6, 6.07) is 20.9. The van der Waals surface area contributed by atoms with Crippen molar-refractivity contribution in [3.05, 3.63) is 89.5 Å². The van der Waals surface area contributed by atoms with Gasteiger partial charge in [-0.1, -0.05) is 60.7 Å². The highest BCUT2D eigenvalue weighted by Gasteiger charge is 2.10. The lowest BCUT2D eigenvalue weighted by Crippen LogP contribution is -2.26. The lowest BCUT2D eigenvalue weighted by Gasteiger charge is -2.09. The number of aryl methyl sites for hydroxylation is 2. The van der Waals surface area contributed by atoms with Crippen LogP contribution in [0.5, 0.6) is 0 Å². The fraction of sp³-hybridized carbons (Fsp3) is 0.182. The Morgan fingerprint density at radius 1 is 1.00 bits per heavy atom. The van der Waals surface area contributed by atoms with Crippen LogP contribution in [0.3, 0.4) is 0 Å². The molecular formula is C22H24N4O3S. The Labute approximate surface area is 176 Å². The third-order valence-corrected chi connectivity index (χ3v) is 5.43. The van der Waals surface area contributed by atoms with Crippen LogP contribution in [-0.2, 0) is 27.8 Å². The molecule has 0 aliphatic carbocycles. The van der Waals surface area contributed by atoms with Crippen molar-refractivity contribution in [3.63, 3.8) is 0 Å². The molecule has 0 aliphatic rings. The number of rotatable bonds is 10. The highest BCUT2D eigenvalue weighted by Crippen LogP contribution is 2.09. The van der Waals surface area contributed by atoms with E-state index in [1.54, 1.807) is 29.1 Å². The summed E-state index contributed by atoms with van der Waals surface area (Å²) in [6.07, 6.45) is 3.94. The highest BCUT2D eigenvalue weighted by atomic mass is 32.2. The molecule has 2 aromatic carbocycles. The molecular weight excluding hydrogens is 400 g/mol. The van der Waals surface area contributed by atoms with Gasteiger partial charge in [0.1, 0.15) is 5.82 Å². The summed E-state index contributed by atoms with van der Waals surface area (Å²) >= 11 is 0. The molecule has 0 saturated heterocycles. The topological polar surface area (TPSA) is 93.1 Å². The van der Waals surface area contributed by atoms with Crippen molar-refractivity contribution >= 4 is 27.8 Å². The fourth-order valence-electron chi connectivity index (χ4n) is 2.79. The Kier molecular flexibility index (Phi) is 7.53. The molecule has 0 bridgehead atoms. The van der Waals surface area contributed by atoms with Crippen LogP contribution in [0.25, 0.3) is 6.08 Å². The van der Waals surface area contributed by atoms with Gasteiger partial charge in [0.2, 0.25) is 15.9 Å². The third kappa shape index (κ3) is 6.98. The zero-order valence-corrected chi connectivity index (χ0v) is 17.3. The van der Waals surface area contributed by atoms with Gasteiger partial charge >= 0.3 is 0 Å². The van der Waals surface area contributed by atoms with Gasteiger partial charge in [-0.3, -0.25) is 4.79 Å². The van der Waals surface area contributed by atoms with Gasteiger partial charge in [-0.25, -0.2) is 17.8 Å². The minimum absolute atomic E-state index is 0.00541. The summed E-state index contributed by atoms with van der Waals surface area (Å²) in [6.45, 7) is 0.634. The predicted octanol–water partition coefficient (Wildman–Crippen LogP) is 3.04. The standard InChI is InChI=1S/C22H24N4O3S/c27-22(12-16-24-30(28,29)18-14-20-9-5-2-6-10-20)25-21-11-15-23-26(21)17-13-19-7-3-1-4-8-19/h1-11,14-15,18,24H,12-13,16-17H2,(H,25,27)/b18-14+. The zero-order valence-electron chi connectivity index (χ0n) is 16.4. The maximum Gasteiger partial charge on any atom is 0.233 e. The first-order chi connectivity index (χ1) is 14.5. The third-order valence-electron chi connectivity index (χ3n) is 4.33. The van der Waals surface area contributed by atoms with Gasteiger partial charge in [-0.05, 0) is 23.6 Å². The van der Waals surface area contributed by atoms with Crippen LogP contribution in [0.1, 0.15) is 17.5 Å². The van der Waals surface area contributed by atoms with E-state index in [9.17, 15) is 13.2 Å². The van der Waals surface area contributed by atoms with Crippen LogP contribution >= 0.6 is 0 Å². The number of carbonyl (C=O) groups is 1. The number of carbonyl (C=O) groups excluding carboxylic acids is 1. The summed E-state index contributed by atoms with van der Waals surface area (Å²) in [5.41, 5.74) is 1.97. The monoisotopic (exact) mass is 424 g/mol. The Morgan fingerprint density at radius 2 is 1.70 bits per heavy atom. The second-order valence-electron chi connectivity index (χ2n) is 6.63. The Hall–Kier alpha value is -3.23. The number of anilines is 1. The quantitative estimate of drug-likeness (QED) is 0.523. The van der Waals surface area contributed by atoms with Gasteiger partial charge in [0.05, 0.1) is 6.20 Å². The average Bonchev–Trinajstić information content (AvgIpc) is 3.19. The summed E-state index contributed by atoms with van der Waals surface area (Å²) in [5, 5.41) is 8.11. The van der Waals surface area contributed by atoms with E-state index in [2.05, 4.69) is 15.1 Å². The van der Waals surface area contributed by atoms with E-state index in [1.165, 1.54) is 11.6 Å². The number of benzene rings is 2. The normalized spacial score (nSPS) is 11.6. The van der Waals surface area contributed by atoms with Gasteiger partial charge in [-0.15, -0.1) is 0 Å². The molecule has 7 nitrogen and oxygen atoms in total. The minimum Gasteiger partial charge on any atom is -0.311 e. The number of nitrogens with zero attached hydrogens (tertiary/aromatic N) is 2. The van der Waals surface area contributed by atoms with Crippen LogP contribution in [0.2, 0.25) is 0 Å². The van der Waals surface area contributed by atoms with Crippen LogP contribution in [0.15, 0.2) is 78.3 Å². The van der Waals surface area contributed by atoms with Crippen molar-refractivity contribution in [1.82, 2.24) is 14.5 Å². The van der Waals surface area contributed by atoms with Gasteiger partial charge in [0, 0.05) is 31.0 Å². The van der Waals surface area contributed by atoms with Crippen LogP contribution in [0, 0.1) is 0 Å². The molecule has 0 spiro atoms. The summed E-state index contributed by atoms with van der Waals surface area (Å²) in [7, 11) is -3.61. The van der Waals surface area contributed by atoms with Gasteiger partial charge in [0.15, 0.2) is 0 Å². The smallest absolute Gasteiger partial charge is 0.233 e. The maximum absolute atomic E-state index is 12.2. The average molecular weight is 425 g/mol. The molecule has 30 heavy (non-hydrogen) atoms. The maximum atomic E-state index is 12.2. The summed E-state index contributed by atoms with van der Waals surface area (Å²) < 4.78 is 28.2. The number of amides is 1. The molecule has 0 unspecified atom stereocenters. The molecule has 1 heterocycles. The van der Waals surface area contributed by atoms with Gasteiger partial charge in [-0.2, -0.15) is 5.10 Å². The van der Waals surface area contributed by atoms with Gasteiger partial charge < -0.3 is 5.32 Å². The Balaban J connectivity index is 1.45. The molecule has 2 N–H and O–H groups in total. The molecule has 3 aromatic rings. The number of nitrogens with one attached hydrogen (secondary N) is 2. The van der Waals surface area contributed by atoms with E-state index in [0.29, 0.717) is 12.4 Å². The number of sulfonamides is 1. The number of hydrogen-bond donors (Lipinski definition) is 2. The van der Waals surface area contributed by atoms with E-state index in [-0.39, 0.29) is 18.9 Å². The summed E-state index contributed by atoms with van der Waals surface area (Å²) in [5.74, 6) is 0.300. The largest absolute Gasteiger partial charge is 0.311 e. The van der Waals surface area contributed by atoms with Crippen molar-refractivity contribution in [3.8, 4) is 0 Å². The molecule has 0 radical (unpaired) electrons. The van der Waals surface area contributed by atoms with Gasteiger partial charge in [0.25, 0.3) is 0 Å². The molecule has 0 aliphatic heterocycles. The van der Waals surface area contributed by atoms with E-state index < -0.39 is 10.0 Å². The van der Waals surface area contributed by atoms with Crippen LogP contribution < -0.4 is 10.0 Å². The molecule has 0 fully saturated rings. The first-order valence-electron chi connectivity index (χ1n) is 9.60. The molecule has 156 valence electrons. The summed E-state index contributed by atoms with van der Waals surface area (Å²) in [4.78, 5) is 12.2. The van der Waals surface area contributed by atoms with Crippen LogP contribution in [-0.4, -0.2) is 30.7 Å². The molecule has 0 atom stereocenters. The SMILES string of the molecule is O=C(CCNS(=O)(=O)/C=C/c1ccccc1)Nc1ccnn1CCc1ccccc1. The Morgan fingerprint density at radius 3 is 2.43 bits per heavy atom. The molecule has 1 aromatic heterocycles. The van der Waals surface area contributed by atoms with E-state index in [0.717, 1.165) is 17.4 Å². The lowest BCUT2D eigenvalue weighted by atomic mass is 10.1. The first kappa shape index (κ1) is 21.5. The van der Waals surface area contributed by atoms with E-state index in [4.69, 9.17) is 0 Å². The van der Waals surface area contributed by atoms with Crippen molar-refractivity contribution < 1.29 is 13.2 Å². The van der Waals surface area contributed by atoms with E-state index >= 15 is 0 Å². The van der Waals surface area contributed by atoms with E-state index in [1.807, 2.05) is 48.5 Å². The Bertz CT molecular complexity index is 1080. The highest BCUT2D eigenvalue weighted by molar-refractivity contribution is 7.92. The lowest BCUT2D eigenvalue weighted by molar-refractivity contribution is -0.116. The van der Waals surface area contributed by atoms with Crippen LogP contribution in [0.4, 0.5) is 5.82 Å². The van der Waals surface area contributed by atoms with Crippen molar-refractivity contribution in [2.45, 2.75) is 19.4 Å². The molecule has 0 saturated carbocycles. The second-order valence-corrected chi connectivity index (χ2v) is 8.28. The van der Waals surface area contributed by atoms with Crippen molar-refractivity contribution in [1.29, 1.82) is 0 Å². The molecule has 3 rings (SSSR count). The fourth-order valence-corrected chi connectivity index (χ4v) is 3.61. The first-order valence-corrected chi connectivity index (χ1v) is 11.1. The second kappa shape index (κ2) is 10.5. The predicted molar refractivity (Wildman–Crippen MR) is 118 cm³/mol.